The normalized spacial score (nSPS) is 18.5. The van der Waals surface area contributed by atoms with Crippen molar-refractivity contribution in [3.8, 4) is 11.5 Å². The molecule has 1 aromatic carbocycles. The highest BCUT2D eigenvalue weighted by atomic mass is 16.5. The molecule has 2 atom stereocenters. The van der Waals surface area contributed by atoms with Gasteiger partial charge < -0.3 is 19.9 Å². The Morgan fingerprint density at radius 1 is 1.50 bits per heavy atom. The van der Waals surface area contributed by atoms with Crippen LogP contribution in [0.5, 0.6) is 11.5 Å². The first kappa shape index (κ1) is 15.1. The molecule has 1 aromatic rings. The molecule has 0 aliphatic carbocycles. The van der Waals surface area contributed by atoms with Gasteiger partial charge in [-0.15, -0.1) is 0 Å². The van der Waals surface area contributed by atoms with Crippen molar-refractivity contribution in [3.63, 3.8) is 0 Å². The van der Waals surface area contributed by atoms with Crippen molar-refractivity contribution in [2.75, 3.05) is 13.7 Å². The quantitative estimate of drug-likeness (QED) is 0.804. The number of methoxy groups -OCH3 is 1. The summed E-state index contributed by atoms with van der Waals surface area (Å²) in [7, 11) is 1.71. The molecule has 0 bridgehead atoms. The van der Waals surface area contributed by atoms with Gasteiger partial charge in [-0.1, -0.05) is 0 Å². The molecule has 0 saturated heterocycles. The Kier molecular flexibility index (Phi) is 5.26. The first-order valence-corrected chi connectivity index (χ1v) is 7.34. The second-order valence-corrected chi connectivity index (χ2v) is 5.55. The highest BCUT2D eigenvalue weighted by Gasteiger charge is 2.21. The maximum Gasteiger partial charge on any atom is 0.123 e. The van der Waals surface area contributed by atoms with E-state index >= 15 is 0 Å². The molecule has 2 rings (SSSR count). The third-order valence-corrected chi connectivity index (χ3v) is 3.74. The molecule has 20 heavy (non-hydrogen) atoms. The van der Waals surface area contributed by atoms with Crippen molar-refractivity contribution in [2.24, 2.45) is 0 Å². The summed E-state index contributed by atoms with van der Waals surface area (Å²) in [5, 5.41) is 12.3. The van der Waals surface area contributed by atoms with E-state index in [1.54, 1.807) is 7.11 Å². The van der Waals surface area contributed by atoms with Crippen LogP contribution < -0.4 is 14.8 Å². The lowest BCUT2D eigenvalue weighted by Gasteiger charge is -2.16. The molecule has 0 amide bonds. The lowest BCUT2D eigenvalue weighted by Crippen LogP contribution is -2.25. The van der Waals surface area contributed by atoms with Gasteiger partial charge in [0.15, 0.2) is 0 Å². The van der Waals surface area contributed by atoms with E-state index in [4.69, 9.17) is 14.6 Å². The van der Waals surface area contributed by atoms with E-state index in [1.165, 1.54) is 5.56 Å². The maximum absolute atomic E-state index is 8.85. The number of fused-ring (bicyclic) bond motifs is 1. The molecule has 1 aliphatic heterocycles. The number of hydrogen-bond donors (Lipinski definition) is 2. The predicted molar refractivity (Wildman–Crippen MR) is 79.4 cm³/mol. The summed E-state index contributed by atoms with van der Waals surface area (Å²) >= 11 is 0. The summed E-state index contributed by atoms with van der Waals surface area (Å²) in [5.41, 5.74) is 2.35. The minimum atomic E-state index is 0.250. The van der Waals surface area contributed by atoms with Gasteiger partial charge in [-0.25, -0.2) is 0 Å². The number of aliphatic hydroxyl groups excluding tert-OH is 1. The second kappa shape index (κ2) is 6.95. The first-order valence-electron chi connectivity index (χ1n) is 7.34. The van der Waals surface area contributed by atoms with Gasteiger partial charge in [0.2, 0.25) is 0 Å². The van der Waals surface area contributed by atoms with E-state index in [9.17, 15) is 0 Å². The topological polar surface area (TPSA) is 50.7 Å². The van der Waals surface area contributed by atoms with Crippen molar-refractivity contribution >= 4 is 0 Å². The lowest BCUT2D eigenvalue weighted by atomic mass is 10.1. The highest BCUT2D eigenvalue weighted by molar-refractivity contribution is 5.48. The zero-order valence-electron chi connectivity index (χ0n) is 12.6. The van der Waals surface area contributed by atoms with Gasteiger partial charge in [-0.3, -0.25) is 0 Å². The average molecular weight is 279 g/mol. The van der Waals surface area contributed by atoms with E-state index in [0.29, 0.717) is 6.04 Å². The van der Waals surface area contributed by atoms with Crippen LogP contribution in [0.15, 0.2) is 12.1 Å². The summed E-state index contributed by atoms with van der Waals surface area (Å²) < 4.78 is 11.3. The first-order chi connectivity index (χ1) is 9.63. The monoisotopic (exact) mass is 279 g/mol. The third kappa shape index (κ3) is 3.64. The fourth-order valence-electron chi connectivity index (χ4n) is 2.59. The molecule has 0 aromatic heterocycles. The molecule has 0 spiro atoms. The van der Waals surface area contributed by atoms with Crippen LogP contribution in [0.3, 0.4) is 0 Å². The number of rotatable bonds is 7. The second-order valence-electron chi connectivity index (χ2n) is 5.55. The van der Waals surface area contributed by atoms with E-state index in [2.05, 4.69) is 31.3 Å². The molecular weight excluding hydrogens is 254 g/mol. The number of aliphatic hydroxyl groups is 1. The minimum Gasteiger partial charge on any atom is -0.496 e. The van der Waals surface area contributed by atoms with Crippen LogP contribution in [0.25, 0.3) is 0 Å². The highest BCUT2D eigenvalue weighted by Crippen LogP contribution is 2.34. The summed E-state index contributed by atoms with van der Waals surface area (Å²) in [6.07, 6.45) is 3.00. The molecule has 4 nitrogen and oxygen atoms in total. The average Bonchev–Trinajstić information content (AvgIpc) is 2.80. The number of hydrogen-bond acceptors (Lipinski definition) is 4. The molecule has 2 unspecified atom stereocenters. The van der Waals surface area contributed by atoms with Gasteiger partial charge in [0.25, 0.3) is 0 Å². The SMILES string of the molecule is COc1cc2c(cc1CNC(C)CCCO)OC(C)C2. The molecule has 2 N–H and O–H groups in total. The van der Waals surface area contributed by atoms with Crippen molar-refractivity contribution in [1.82, 2.24) is 5.32 Å². The molecule has 0 fully saturated rings. The van der Waals surface area contributed by atoms with E-state index in [1.807, 2.05) is 0 Å². The van der Waals surface area contributed by atoms with Crippen LogP contribution >= 0.6 is 0 Å². The van der Waals surface area contributed by atoms with Crippen LogP contribution in [0, 0.1) is 0 Å². The van der Waals surface area contributed by atoms with Gasteiger partial charge in [0.1, 0.15) is 17.6 Å². The van der Waals surface area contributed by atoms with Crippen LogP contribution in [0.4, 0.5) is 0 Å². The van der Waals surface area contributed by atoms with Crippen LogP contribution in [0.1, 0.15) is 37.8 Å². The minimum absolute atomic E-state index is 0.250. The Bertz CT molecular complexity index is 448. The van der Waals surface area contributed by atoms with Crippen LogP contribution in [-0.4, -0.2) is 31.0 Å². The van der Waals surface area contributed by atoms with Gasteiger partial charge in [-0.2, -0.15) is 0 Å². The standard InChI is InChI=1S/C16H25NO3/c1-11(5-4-6-18)17-10-14-9-16-13(7-12(2)20-16)8-15(14)19-3/h8-9,11-12,17-18H,4-7,10H2,1-3H3. The van der Waals surface area contributed by atoms with Crippen LogP contribution in [0.2, 0.25) is 0 Å². The zero-order valence-corrected chi connectivity index (χ0v) is 12.6. The fraction of sp³-hybridized carbons (Fsp3) is 0.625. The van der Waals surface area contributed by atoms with E-state index in [0.717, 1.165) is 42.9 Å². The summed E-state index contributed by atoms with van der Waals surface area (Å²) in [6.45, 7) is 5.22. The van der Waals surface area contributed by atoms with Crippen molar-refractivity contribution < 1.29 is 14.6 Å². The molecule has 1 heterocycles. The van der Waals surface area contributed by atoms with Gasteiger partial charge in [0.05, 0.1) is 7.11 Å². The molecule has 0 saturated carbocycles. The fourth-order valence-corrected chi connectivity index (χ4v) is 2.59. The van der Waals surface area contributed by atoms with Gasteiger partial charge in [0, 0.05) is 36.7 Å². The maximum atomic E-state index is 8.85. The Hall–Kier alpha value is -1.26. The zero-order chi connectivity index (χ0) is 14.5. The van der Waals surface area contributed by atoms with Gasteiger partial charge in [-0.05, 0) is 38.8 Å². The molecule has 4 heteroatoms. The Labute approximate surface area is 121 Å². The number of nitrogens with one attached hydrogen (secondary N) is 1. The molecule has 112 valence electrons. The van der Waals surface area contributed by atoms with Crippen molar-refractivity contribution in [2.45, 2.75) is 51.8 Å². The Balaban J connectivity index is 2.02. The molecular formula is C16H25NO3. The number of benzene rings is 1. The largest absolute Gasteiger partial charge is 0.496 e. The van der Waals surface area contributed by atoms with Crippen molar-refractivity contribution in [1.29, 1.82) is 0 Å². The summed E-state index contributed by atoms with van der Waals surface area (Å²) in [5.74, 6) is 1.90. The Morgan fingerprint density at radius 3 is 3.00 bits per heavy atom. The summed E-state index contributed by atoms with van der Waals surface area (Å²) in [4.78, 5) is 0. The van der Waals surface area contributed by atoms with Crippen LogP contribution in [-0.2, 0) is 13.0 Å². The van der Waals surface area contributed by atoms with E-state index < -0.39 is 0 Å². The molecule has 0 radical (unpaired) electrons. The Morgan fingerprint density at radius 2 is 2.30 bits per heavy atom. The predicted octanol–water partition coefficient (Wildman–Crippen LogP) is 2.27. The molecule has 1 aliphatic rings. The number of ether oxygens (including phenoxy) is 2. The van der Waals surface area contributed by atoms with E-state index in [-0.39, 0.29) is 12.7 Å². The third-order valence-electron chi connectivity index (χ3n) is 3.74. The van der Waals surface area contributed by atoms with Crippen molar-refractivity contribution in [3.05, 3.63) is 23.3 Å². The summed E-state index contributed by atoms with van der Waals surface area (Å²) in [6, 6.07) is 4.55. The lowest BCUT2D eigenvalue weighted by molar-refractivity contribution is 0.254. The van der Waals surface area contributed by atoms with Gasteiger partial charge >= 0.3 is 0 Å². The smallest absolute Gasteiger partial charge is 0.123 e.